The Hall–Kier alpha value is -2.99. The fraction of sp³-hybridized carbons (Fsp3) is 0.240. The smallest absolute Gasteiger partial charge is 0.338 e. The highest BCUT2D eigenvalue weighted by atomic mass is 79.9. The summed E-state index contributed by atoms with van der Waals surface area (Å²) in [5, 5.41) is 3.35. The fourth-order valence-electron chi connectivity index (χ4n) is 3.12. The van der Waals surface area contributed by atoms with Gasteiger partial charge in [-0.1, -0.05) is 29.8 Å². The number of benzene rings is 3. The molecule has 3 rings (SSSR count). The van der Waals surface area contributed by atoms with Gasteiger partial charge in [0.2, 0.25) is 0 Å². The summed E-state index contributed by atoms with van der Waals surface area (Å²) in [6.07, 6.45) is 0. The molecule has 0 bridgehead atoms. The van der Waals surface area contributed by atoms with E-state index in [0.717, 1.165) is 21.3 Å². The molecule has 0 radical (unpaired) electrons. The average molecular weight is 484 g/mol. The third kappa shape index (κ3) is 6.25. The molecule has 1 N–H and O–H groups in total. The Bertz CT molecular complexity index is 1030. The van der Waals surface area contributed by atoms with Gasteiger partial charge >= 0.3 is 5.97 Å². The summed E-state index contributed by atoms with van der Waals surface area (Å²) in [6.45, 7) is 5.26. The number of carbonyl (C=O) groups is 1. The number of rotatable bonds is 9. The van der Waals surface area contributed by atoms with E-state index in [1.54, 1.807) is 26.2 Å². The van der Waals surface area contributed by atoms with Crippen LogP contribution in [0.1, 0.15) is 34.0 Å². The Balaban J connectivity index is 1.66. The molecule has 0 heterocycles. The Labute approximate surface area is 191 Å². The maximum Gasteiger partial charge on any atom is 0.338 e. The molecule has 0 aliphatic carbocycles. The largest absolute Gasteiger partial charge is 0.493 e. The monoisotopic (exact) mass is 483 g/mol. The van der Waals surface area contributed by atoms with Crippen molar-refractivity contribution in [2.45, 2.75) is 27.0 Å². The molecule has 0 saturated heterocycles. The van der Waals surface area contributed by atoms with Crippen molar-refractivity contribution in [2.24, 2.45) is 0 Å². The lowest BCUT2D eigenvalue weighted by Crippen LogP contribution is -2.05. The summed E-state index contributed by atoms with van der Waals surface area (Å²) >= 11 is 3.61. The van der Waals surface area contributed by atoms with Crippen LogP contribution in [0, 0.1) is 6.92 Å². The van der Waals surface area contributed by atoms with Gasteiger partial charge in [0.25, 0.3) is 0 Å². The van der Waals surface area contributed by atoms with Gasteiger partial charge in [-0.25, -0.2) is 4.79 Å². The van der Waals surface area contributed by atoms with Crippen molar-refractivity contribution < 1.29 is 19.0 Å². The molecule has 0 aliphatic rings. The zero-order valence-electron chi connectivity index (χ0n) is 17.9. The number of anilines is 1. The molecule has 0 saturated carbocycles. The number of ether oxygens (including phenoxy) is 3. The lowest BCUT2D eigenvalue weighted by atomic mass is 10.1. The maximum absolute atomic E-state index is 11.8. The molecular formula is C25H26BrNO4. The first-order chi connectivity index (χ1) is 15.0. The number of aryl methyl sites for hydroxylation is 1. The van der Waals surface area contributed by atoms with Gasteiger partial charge in [-0.05, 0) is 77.3 Å². The van der Waals surface area contributed by atoms with Crippen molar-refractivity contribution in [1.82, 2.24) is 0 Å². The Morgan fingerprint density at radius 2 is 1.81 bits per heavy atom. The highest BCUT2D eigenvalue weighted by molar-refractivity contribution is 9.10. The highest BCUT2D eigenvalue weighted by Crippen LogP contribution is 2.37. The molecule has 0 atom stereocenters. The van der Waals surface area contributed by atoms with E-state index in [0.29, 0.717) is 36.8 Å². The Morgan fingerprint density at radius 1 is 1.03 bits per heavy atom. The second-order valence-electron chi connectivity index (χ2n) is 7.04. The summed E-state index contributed by atoms with van der Waals surface area (Å²) in [5.74, 6) is 1.02. The van der Waals surface area contributed by atoms with Crippen LogP contribution < -0.4 is 14.8 Å². The number of hydrogen-bond donors (Lipinski definition) is 1. The molecule has 3 aromatic carbocycles. The Kier molecular flexibility index (Phi) is 7.95. The van der Waals surface area contributed by atoms with Crippen LogP contribution in [0.5, 0.6) is 11.5 Å². The van der Waals surface area contributed by atoms with Crippen LogP contribution in [0.4, 0.5) is 5.69 Å². The third-order valence-corrected chi connectivity index (χ3v) is 5.24. The van der Waals surface area contributed by atoms with E-state index in [1.165, 1.54) is 5.56 Å². The van der Waals surface area contributed by atoms with Crippen LogP contribution in [0.2, 0.25) is 0 Å². The summed E-state index contributed by atoms with van der Waals surface area (Å²) < 4.78 is 17.4. The minimum atomic E-state index is -0.316. The molecule has 0 aromatic heterocycles. The van der Waals surface area contributed by atoms with Crippen molar-refractivity contribution in [2.75, 3.05) is 19.0 Å². The molecule has 31 heavy (non-hydrogen) atoms. The van der Waals surface area contributed by atoms with Crippen LogP contribution >= 0.6 is 15.9 Å². The summed E-state index contributed by atoms with van der Waals surface area (Å²) in [5.41, 5.74) is 4.77. The maximum atomic E-state index is 11.8. The number of esters is 1. The van der Waals surface area contributed by atoms with E-state index in [4.69, 9.17) is 14.2 Å². The second-order valence-corrected chi connectivity index (χ2v) is 7.89. The third-order valence-electron chi connectivity index (χ3n) is 4.65. The summed E-state index contributed by atoms with van der Waals surface area (Å²) in [7, 11) is 1.63. The molecular weight excluding hydrogens is 458 g/mol. The van der Waals surface area contributed by atoms with E-state index in [9.17, 15) is 4.79 Å². The summed E-state index contributed by atoms with van der Waals surface area (Å²) in [4.78, 5) is 11.8. The van der Waals surface area contributed by atoms with Gasteiger partial charge in [0.15, 0.2) is 11.5 Å². The van der Waals surface area contributed by atoms with E-state index in [-0.39, 0.29) is 5.97 Å². The average Bonchev–Trinajstić information content (AvgIpc) is 2.77. The first kappa shape index (κ1) is 22.7. The molecule has 5 nitrogen and oxygen atoms in total. The van der Waals surface area contributed by atoms with Crippen LogP contribution in [0.15, 0.2) is 65.1 Å². The van der Waals surface area contributed by atoms with Crippen molar-refractivity contribution in [3.8, 4) is 11.5 Å². The lowest BCUT2D eigenvalue weighted by Gasteiger charge is -2.15. The minimum absolute atomic E-state index is 0.316. The Morgan fingerprint density at radius 3 is 2.48 bits per heavy atom. The molecule has 0 spiro atoms. The van der Waals surface area contributed by atoms with Crippen LogP contribution in [-0.2, 0) is 17.9 Å². The first-order valence-corrected chi connectivity index (χ1v) is 10.8. The van der Waals surface area contributed by atoms with Gasteiger partial charge in [0.05, 0.1) is 23.8 Å². The quantitative estimate of drug-likeness (QED) is 0.370. The standard InChI is InChI=1S/C25H26BrNO4/c1-4-30-25(28)20-8-10-21(11-9-20)27-15-19-13-22(26)24(23(14-19)29-3)31-16-18-7-5-6-17(2)12-18/h5-14,27H,4,15-16H2,1-3H3. The molecule has 0 unspecified atom stereocenters. The number of hydrogen-bond acceptors (Lipinski definition) is 5. The van der Waals surface area contributed by atoms with Crippen molar-refractivity contribution in [3.05, 3.63) is 87.4 Å². The number of nitrogens with one attached hydrogen (secondary N) is 1. The predicted octanol–water partition coefficient (Wildman–Crippen LogP) is 6.13. The van der Waals surface area contributed by atoms with E-state index in [2.05, 4.69) is 40.3 Å². The molecule has 0 fully saturated rings. The molecule has 0 amide bonds. The normalized spacial score (nSPS) is 10.5. The summed E-state index contributed by atoms with van der Waals surface area (Å²) in [6, 6.07) is 19.4. The molecule has 6 heteroatoms. The highest BCUT2D eigenvalue weighted by Gasteiger charge is 2.12. The van der Waals surface area contributed by atoms with Gasteiger partial charge in [0.1, 0.15) is 6.61 Å². The van der Waals surface area contributed by atoms with Crippen LogP contribution in [0.25, 0.3) is 0 Å². The number of methoxy groups -OCH3 is 1. The molecule has 3 aromatic rings. The van der Waals surface area contributed by atoms with Crippen molar-refractivity contribution in [3.63, 3.8) is 0 Å². The van der Waals surface area contributed by atoms with Crippen molar-refractivity contribution >= 4 is 27.6 Å². The second kappa shape index (κ2) is 10.9. The predicted molar refractivity (Wildman–Crippen MR) is 126 cm³/mol. The molecule has 0 aliphatic heterocycles. The first-order valence-electron chi connectivity index (χ1n) is 10.1. The van der Waals surface area contributed by atoms with Gasteiger partial charge in [-0.3, -0.25) is 0 Å². The van der Waals surface area contributed by atoms with Crippen LogP contribution in [-0.4, -0.2) is 19.7 Å². The minimum Gasteiger partial charge on any atom is -0.493 e. The SMILES string of the molecule is CCOC(=O)c1ccc(NCc2cc(Br)c(OCc3cccc(C)c3)c(OC)c2)cc1. The van der Waals surface area contributed by atoms with Crippen molar-refractivity contribution in [1.29, 1.82) is 0 Å². The topological polar surface area (TPSA) is 56.8 Å². The van der Waals surface area contributed by atoms with Gasteiger partial charge in [-0.2, -0.15) is 0 Å². The van der Waals surface area contributed by atoms with Gasteiger partial charge < -0.3 is 19.5 Å². The van der Waals surface area contributed by atoms with Crippen LogP contribution in [0.3, 0.4) is 0 Å². The van der Waals surface area contributed by atoms with E-state index in [1.807, 2.05) is 36.4 Å². The zero-order valence-corrected chi connectivity index (χ0v) is 19.5. The lowest BCUT2D eigenvalue weighted by molar-refractivity contribution is 0.0526. The van der Waals surface area contributed by atoms with Gasteiger partial charge in [-0.15, -0.1) is 0 Å². The molecule has 162 valence electrons. The van der Waals surface area contributed by atoms with E-state index < -0.39 is 0 Å². The van der Waals surface area contributed by atoms with Gasteiger partial charge in [0, 0.05) is 12.2 Å². The number of halogens is 1. The fourth-order valence-corrected chi connectivity index (χ4v) is 3.72. The van der Waals surface area contributed by atoms with E-state index >= 15 is 0 Å². The number of carbonyl (C=O) groups excluding carboxylic acids is 1. The zero-order chi connectivity index (χ0) is 22.2.